The van der Waals surface area contributed by atoms with Crippen molar-refractivity contribution in [2.75, 3.05) is 5.73 Å². The first-order valence-electron chi connectivity index (χ1n) is 8.23. The number of rotatable bonds is 4. The van der Waals surface area contributed by atoms with Crippen molar-refractivity contribution in [2.24, 2.45) is 0 Å². The summed E-state index contributed by atoms with van der Waals surface area (Å²) in [5, 5.41) is 2.14. The molecule has 27 heavy (non-hydrogen) atoms. The van der Waals surface area contributed by atoms with E-state index >= 15 is 0 Å². The van der Waals surface area contributed by atoms with Gasteiger partial charge in [-0.3, -0.25) is 24.3 Å². The Morgan fingerprint density at radius 2 is 1.63 bits per heavy atom. The minimum Gasteiger partial charge on any atom is -0.489 e. The van der Waals surface area contributed by atoms with E-state index < -0.39 is 17.4 Å². The predicted octanol–water partition coefficient (Wildman–Crippen LogP) is 1.88. The molecular formula is C20H15N3O4. The van der Waals surface area contributed by atoms with Gasteiger partial charge in [-0.1, -0.05) is 30.3 Å². The number of ether oxygens (including phenoxy) is 1. The highest BCUT2D eigenvalue weighted by Crippen LogP contribution is 2.23. The molecule has 2 aromatic carbocycles. The molecule has 0 spiro atoms. The number of aromatic nitrogens is 1. The largest absolute Gasteiger partial charge is 0.489 e. The lowest BCUT2D eigenvalue weighted by molar-refractivity contribution is 0.0880. The molecule has 2 amide bonds. The molecule has 0 unspecified atom stereocenters. The number of amides is 2. The number of hydrogen-bond acceptors (Lipinski definition) is 5. The van der Waals surface area contributed by atoms with Crippen LogP contribution in [0.3, 0.4) is 0 Å². The van der Waals surface area contributed by atoms with Crippen molar-refractivity contribution in [1.82, 2.24) is 9.88 Å². The molecule has 3 N–H and O–H groups in total. The Kier molecular flexibility index (Phi) is 3.97. The van der Waals surface area contributed by atoms with E-state index in [4.69, 9.17) is 10.5 Å². The van der Waals surface area contributed by atoms with Gasteiger partial charge in [-0.05, 0) is 29.8 Å². The van der Waals surface area contributed by atoms with Crippen LogP contribution in [0.25, 0.3) is 5.69 Å². The van der Waals surface area contributed by atoms with E-state index in [2.05, 4.69) is 5.32 Å². The number of nitrogen functional groups attached to an aromatic ring is 1. The van der Waals surface area contributed by atoms with Crippen LogP contribution in [-0.4, -0.2) is 16.4 Å². The summed E-state index contributed by atoms with van der Waals surface area (Å²) in [6.45, 7) is 0.371. The molecule has 1 aromatic heterocycles. The van der Waals surface area contributed by atoms with Crippen LogP contribution >= 0.6 is 0 Å². The maximum atomic E-state index is 12.4. The highest BCUT2D eigenvalue weighted by Gasteiger charge is 2.31. The van der Waals surface area contributed by atoms with Crippen LogP contribution in [0.15, 0.2) is 65.5 Å². The maximum Gasteiger partial charge on any atom is 0.262 e. The first kappa shape index (κ1) is 16.6. The third kappa shape index (κ3) is 2.95. The summed E-state index contributed by atoms with van der Waals surface area (Å²) in [5.41, 5.74) is 6.97. The van der Waals surface area contributed by atoms with Crippen LogP contribution in [0.5, 0.6) is 5.75 Å². The molecule has 0 saturated carbocycles. The zero-order valence-corrected chi connectivity index (χ0v) is 14.1. The van der Waals surface area contributed by atoms with E-state index in [1.165, 1.54) is 4.57 Å². The van der Waals surface area contributed by atoms with Gasteiger partial charge in [0.1, 0.15) is 18.2 Å². The number of nitrogens with two attached hydrogens (primary N) is 1. The molecular weight excluding hydrogens is 346 g/mol. The number of benzene rings is 2. The number of fused-ring (bicyclic) bond motifs is 1. The molecule has 1 aliphatic heterocycles. The van der Waals surface area contributed by atoms with Crippen LogP contribution in [0.2, 0.25) is 0 Å². The Balaban J connectivity index is 1.63. The third-order valence-corrected chi connectivity index (χ3v) is 4.30. The number of imide groups is 1. The standard InChI is InChI=1S/C20H15N3O4/c21-18-17-15(19(25)22-20(17)26)10-16(24)23(18)13-8-6-12(7-9-13)11-27-14-4-2-1-3-5-14/h1-10H,11,21H2,(H,22,25,26). The van der Waals surface area contributed by atoms with Crippen molar-refractivity contribution in [3.8, 4) is 11.4 Å². The fraction of sp³-hybridized carbons (Fsp3) is 0.0500. The Labute approximate surface area is 154 Å². The van der Waals surface area contributed by atoms with Crippen molar-refractivity contribution in [1.29, 1.82) is 0 Å². The second kappa shape index (κ2) is 6.45. The van der Waals surface area contributed by atoms with Gasteiger partial charge in [-0.2, -0.15) is 0 Å². The van der Waals surface area contributed by atoms with Crippen molar-refractivity contribution in [3.05, 3.63) is 87.7 Å². The summed E-state index contributed by atoms with van der Waals surface area (Å²) in [5.74, 6) is -0.515. The van der Waals surface area contributed by atoms with Gasteiger partial charge < -0.3 is 10.5 Å². The van der Waals surface area contributed by atoms with E-state index in [1.807, 2.05) is 42.5 Å². The Morgan fingerprint density at radius 3 is 2.33 bits per heavy atom. The van der Waals surface area contributed by atoms with Crippen LogP contribution in [-0.2, 0) is 6.61 Å². The van der Waals surface area contributed by atoms with Crippen LogP contribution in [0.4, 0.5) is 5.82 Å². The smallest absolute Gasteiger partial charge is 0.262 e. The van der Waals surface area contributed by atoms with E-state index in [0.29, 0.717) is 12.3 Å². The summed E-state index contributed by atoms with van der Waals surface area (Å²) in [7, 11) is 0. The van der Waals surface area contributed by atoms with Gasteiger partial charge in [0.05, 0.1) is 16.8 Å². The van der Waals surface area contributed by atoms with Gasteiger partial charge in [0.2, 0.25) is 0 Å². The number of nitrogens with one attached hydrogen (secondary N) is 1. The molecule has 0 fully saturated rings. The molecule has 0 bridgehead atoms. The van der Waals surface area contributed by atoms with Crippen molar-refractivity contribution in [2.45, 2.75) is 6.61 Å². The van der Waals surface area contributed by atoms with E-state index in [0.717, 1.165) is 17.4 Å². The number of carbonyl (C=O) groups excluding carboxylic acids is 2. The van der Waals surface area contributed by atoms with Crippen molar-refractivity contribution < 1.29 is 14.3 Å². The predicted molar refractivity (Wildman–Crippen MR) is 99.0 cm³/mol. The zero-order chi connectivity index (χ0) is 19.0. The van der Waals surface area contributed by atoms with E-state index in [9.17, 15) is 14.4 Å². The summed E-state index contributed by atoms with van der Waals surface area (Å²) < 4.78 is 6.90. The molecule has 7 nitrogen and oxygen atoms in total. The minimum absolute atomic E-state index is 0.00614. The number of hydrogen-bond donors (Lipinski definition) is 2. The normalized spacial score (nSPS) is 12.6. The molecule has 3 aromatic rings. The van der Waals surface area contributed by atoms with Gasteiger partial charge >= 0.3 is 0 Å². The first-order valence-corrected chi connectivity index (χ1v) is 8.23. The van der Waals surface area contributed by atoms with Crippen molar-refractivity contribution in [3.63, 3.8) is 0 Å². The SMILES string of the molecule is Nc1c2c(cc(=O)n1-c1ccc(COc3ccccc3)cc1)C(=O)NC2=O. The number of carbonyl (C=O) groups is 2. The monoisotopic (exact) mass is 361 g/mol. The fourth-order valence-corrected chi connectivity index (χ4v) is 2.97. The van der Waals surface area contributed by atoms with Crippen LogP contribution < -0.4 is 21.3 Å². The molecule has 0 saturated heterocycles. The van der Waals surface area contributed by atoms with Gasteiger partial charge in [0.15, 0.2) is 0 Å². The minimum atomic E-state index is -0.612. The Bertz CT molecular complexity index is 1100. The molecule has 0 aliphatic carbocycles. The summed E-state index contributed by atoms with van der Waals surface area (Å²) in [4.78, 5) is 36.0. The van der Waals surface area contributed by atoms with Gasteiger partial charge in [-0.25, -0.2) is 0 Å². The zero-order valence-electron chi connectivity index (χ0n) is 14.1. The van der Waals surface area contributed by atoms with Crippen LogP contribution in [0.1, 0.15) is 26.3 Å². The third-order valence-electron chi connectivity index (χ3n) is 4.30. The van der Waals surface area contributed by atoms with E-state index in [1.54, 1.807) is 12.1 Å². The molecule has 0 radical (unpaired) electrons. The molecule has 2 heterocycles. The highest BCUT2D eigenvalue weighted by molar-refractivity contribution is 6.23. The molecule has 4 rings (SSSR count). The van der Waals surface area contributed by atoms with E-state index in [-0.39, 0.29) is 16.9 Å². The molecule has 0 atom stereocenters. The molecule has 7 heteroatoms. The first-order chi connectivity index (χ1) is 13.0. The fourth-order valence-electron chi connectivity index (χ4n) is 2.97. The average molecular weight is 361 g/mol. The maximum absolute atomic E-state index is 12.4. The second-order valence-electron chi connectivity index (χ2n) is 6.04. The topological polar surface area (TPSA) is 103 Å². The Hall–Kier alpha value is -3.87. The summed E-state index contributed by atoms with van der Waals surface area (Å²) in [6, 6.07) is 17.6. The molecule has 134 valence electrons. The van der Waals surface area contributed by atoms with Gasteiger partial charge in [-0.15, -0.1) is 0 Å². The highest BCUT2D eigenvalue weighted by atomic mass is 16.5. The molecule has 1 aliphatic rings. The number of anilines is 1. The summed E-state index contributed by atoms with van der Waals surface area (Å²) in [6.07, 6.45) is 0. The number of pyridine rings is 1. The lowest BCUT2D eigenvalue weighted by atomic mass is 10.1. The summed E-state index contributed by atoms with van der Waals surface area (Å²) >= 11 is 0. The van der Waals surface area contributed by atoms with Crippen molar-refractivity contribution >= 4 is 17.6 Å². The average Bonchev–Trinajstić information content (AvgIpc) is 2.95. The second-order valence-corrected chi connectivity index (χ2v) is 6.04. The Morgan fingerprint density at radius 1 is 0.926 bits per heavy atom. The van der Waals surface area contributed by atoms with Crippen LogP contribution in [0, 0.1) is 0 Å². The lowest BCUT2D eigenvalue weighted by Crippen LogP contribution is -2.24. The quantitative estimate of drug-likeness (QED) is 0.691. The van der Waals surface area contributed by atoms with Gasteiger partial charge in [0, 0.05) is 6.07 Å². The van der Waals surface area contributed by atoms with Gasteiger partial charge in [0.25, 0.3) is 17.4 Å². The number of nitrogens with zero attached hydrogens (tertiary/aromatic N) is 1. The number of para-hydroxylation sites is 1. The lowest BCUT2D eigenvalue weighted by Gasteiger charge is -2.12.